The molecule has 0 N–H and O–H groups in total. The molecule has 0 aromatic heterocycles. The molecule has 0 heterocycles. The van der Waals surface area contributed by atoms with Gasteiger partial charge < -0.3 is 9.64 Å². The second-order valence-corrected chi connectivity index (χ2v) is 8.43. The van der Waals surface area contributed by atoms with Crippen molar-refractivity contribution in [2.45, 2.75) is 24.3 Å². The number of esters is 1. The Balaban J connectivity index is 2.25. The topological polar surface area (TPSA) is 132 Å². The number of benzene rings is 2. The maximum Gasteiger partial charge on any atom is 0.501 e. The minimum Gasteiger partial charge on any atom is -0.464 e. The van der Waals surface area contributed by atoms with E-state index < -0.39 is 36.5 Å². The normalized spacial score (nSPS) is 12.0. The summed E-state index contributed by atoms with van der Waals surface area (Å²) < 4.78 is 66.1. The summed E-state index contributed by atoms with van der Waals surface area (Å²) >= 11 is 0. The number of likely N-dealkylation sites (N-methyl/N-ethyl adjacent to an activating group) is 1. The number of ether oxygens (including phenoxy) is 1. The van der Waals surface area contributed by atoms with Crippen molar-refractivity contribution in [2.75, 3.05) is 24.6 Å². The van der Waals surface area contributed by atoms with Crippen LogP contribution in [0.1, 0.15) is 13.8 Å². The molecule has 0 aliphatic carbocycles. The summed E-state index contributed by atoms with van der Waals surface area (Å²) in [6, 6.07) is 8.15. The van der Waals surface area contributed by atoms with Gasteiger partial charge in [-0.15, -0.1) is 5.11 Å². The Hall–Kier alpha value is -3.55. The van der Waals surface area contributed by atoms with Gasteiger partial charge >= 0.3 is 11.5 Å². The standard InChI is InChI=1S/C19H19F3N4O6S/c1-3-25(10-11-32-13(2)27)15-6-4-14(5-7-15)23-24-17-9-8-16(12-18(17)26(28)29)33(30,31)19(20,21)22/h4-9,12H,3,10-11H2,1-2H3. The van der Waals surface area contributed by atoms with Crippen LogP contribution >= 0.6 is 0 Å². The van der Waals surface area contributed by atoms with Gasteiger partial charge in [-0.25, -0.2) is 8.42 Å². The smallest absolute Gasteiger partial charge is 0.464 e. The van der Waals surface area contributed by atoms with E-state index >= 15 is 0 Å². The fourth-order valence-corrected chi connectivity index (χ4v) is 3.43. The summed E-state index contributed by atoms with van der Waals surface area (Å²) in [4.78, 5) is 21.7. The van der Waals surface area contributed by atoms with Crippen molar-refractivity contribution in [1.29, 1.82) is 0 Å². The molecule has 2 rings (SSSR count). The third kappa shape index (κ3) is 6.47. The molecule has 0 bridgehead atoms. The summed E-state index contributed by atoms with van der Waals surface area (Å²) in [7, 11) is -5.75. The van der Waals surface area contributed by atoms with E-state index in [1.165, 1.54) is 6.92 Å². The maximum atomic E-state index is 12.7. The van der Waals surface area contributed by atoms with Crippen LogP contribution in [0.2, 0.25) is 0 Å². The average molecular weight is 488 g/mol. The van der Waals surface area contributed by atoms with Gasteiger partial charge in [0.15, 0.2) is 5.69 Å². The Morgan fingerprint density at radius 3 is 2.30 bits per heavy atom. The highest BCUT2D eigenvalue weighted by Crippen LogP contribution is 2.36. The molecule has 0 atom stereocenters. The summed E-state index contributed by atoms with van der Waals surface area (Å²) in [6.07, 6.45) is 0. The number of nitrogens with zero attached hydrogens (tertiary/aromatic N) is 4. The highest BCUT2D eigenvalue weighted by Gasteiger charge is 2.47. The number of sulfone groups is 1. The molecule has 0 spiro atoms. The number of nitro groups is 1. The first-order valence-electron chi connectivity index (χ1n) is 9.36. The van der Waals surface area contributed by atoms with Gasteiger partial charge in [-0.1, -0.05) is 0 Å². The van der Waals surface area contributed by atoms with E-state index in [1.807, 2.05) is 11.8 Å². The van der Waals surface area contributed by atoms with Crippen molar-refractivity contribution >= 4 is 38.6 Å². The van der Waals surface area contributed by atoms with Gasteiger partial charge in [0.2, 0.25) is 0 Å². The van der Waals surface area contributed by atoms with E-state index in [4.69, 9.17) is 4.74 Å². The van der Waals surface area contributed by atoms with Crippen LogP contribution in [0.25, 0.3) is 0 Å². The molecule has 2 aromatic rings. The van der Waals surface area contributed by atoms with E-state index in [1.54, 1.807) is 24.3 Å². The van der Waals surface area contributed by atoms with E-state index in [2.05, 4.69) is 10.2 Å². The third-order valence-electron chi connectivity index (χ3n) is 4.29. The Bertz CT molecular complexity index is 1150. The van der Waals surface area contributed by atoms with Crippen molar-refractivity contribution in [3.63, 3.8) is 0 Å². The predicted octanol–water partition coefficient (Wildman–Crippen LogP) is 4.69. The predicted molar refractivity (Wildman–Crippen MR) is 111 cm³/mol. The molecule has 0 aliphatic heterocycles. The van der Waals surface area contributed by atoms with Crippen molar-refractivity contribution in [3.05, 3.63) is 52.6 Å². The number of hydrogen-bond donors (Lipinski definition) is 0. The zero-order valence-electron chi connectivity index (χ0n) is 17.4. The Kier molecular flexibility index (Phi) is 8.08. The largest absolute Gasteiger partial charge is 0.501 e. The van der Waals surface area contributed by atoms with E-state index in [0.717, 1.165) is 11.8 Å². The highest BCUT2D eigenvalue weighted by atomic mass is 32.2. The van der Waals surface area contributed by atoms with Gasteiger partial charge in [-0.2, -0.15) is 18.3 Å². The molecule has 0 unspecified atom stereocenters. The number of rotatable bonds is 9. The van der Waals surface area contributed by atoms with Gasteiger partial charge in [0, 0.05) is 25.2 Å². The lowest BCUT2D eigenvalue weighted by Gasteiger charge is -2.22. The van der Waals surface area contributed by atoms with Crippen LogP contribution in [0.4, 0.5) is 35.9 Å². The molecule has 0 radical (unpaired) electrons. The quantitative estimate of drug-likeness (QED) is 0.216. The fraction of sp³-hybridized carbons (Fsp3) is 0.316. The highest BCUT2D eigenvalue weighted by molar-refractivity contribution is 7.92. The van der Waals surface area contributed by atoms with Crippen LogP contribution in [0.5, 0.6) is 0 Å². The monoisotopic (exact) mass is 488 g/mol. The van der Waals surface area contributed by atoms with Crippen molar-refractivity contribution in [2.24, 2.45) is 10.2 Å². The summed E-state index contributed by atoms with van der Waals surface area (Å²) in [5.74, 6) is -0.389. The van der Waals surface area contributed by atoms with Crippen molar-refractivity contribution in [1.82, 2.24) is 0 Å². The number of hydrogen-bond acceptors (Lipinski definition) is 9. The van der Waals surface area contributed by atoms with E-state index in [-0.39, 0.29) is 18.3 Å². The van der Waals surface area contributed by atoms with Crippen molar-refractivity contribution in [3.8, 4) is 0 Å². The minimum absolute atomic E-state index is 0.203. The third-order valence-corrected chi connectivity index (χ3v) is 5.78. The van der Waals surface area contributed by atoms with Gasteiger partial charge in [0.1, 0.15) is 6.61 Å². The number of alkyl halides is 3. The zero-order valence-corrected chi connectivity index (χ0v) is 18.3. The molecule has 14 heteroatoms. The first-order valence-corrected chi connectivity index (χ1v) is 10.8. The molecule has 2 aromatic carbocycles. The number of halogens is 3. The van der Waals surface area contributed by atoms with Crippen LogP contribution < -0.4 is 4.90 Å². The second kappa shape index (κ2) is 10.4. The van der Waals surface area contributed by atoms with Crippen LogP contribution in [0, 0.1) is 10.1 Å². The Morgan fingerprint density at radius 2 is 1.79 bits per heavy atom. The zero-order chi connectivity index (χ0) is 24.8. The van der Waals surface area contributed by atoms with Crippen molar-refractivity contribution < 1.29 is 36.0 Å². The summed E-state index contributed by atoms with van der Waals surface area (Å²) in [5.41, 5.74) is -5.88. The van der Waals surface area contributed by atoms with E-state index in [0.29, 0.717) is 25.2 Å². The Morgan fingerprint density at radius 1 is 1.15 bits per heavy atom. The molecule has 10 nitrogen and oxygen atoms in total. The molecule has 0 fully saturated rings. The van der Waals surface area contributed by atoms with Gasteiger partial charge in [-0.3, -0.25) is 14.9 Å². The number of anilines is 1. The SMILES string of the molecule is CCN(CCOC(C)=O)c1ccc(N=Nc2ccc(S(=O)(=O)C(F)(F)F)cc2[N+](=O)[O-])cc1. The van der Waals surface area contributed by atoms with Crippen LogP contribution in [-0.4, -0.2) is 44.5 Å². The number of nitro benzene ring substituents is 1. The number of carbonyl (C=O) groups excluding carboxylic acids is 1. The number of carbonyl (C=O) groups is 1. The second-order valence-electron chi connectivity index (χ2n) is 6.49. The van der Waals surface area contributed by atoms with Crippen LogP contribution in [0.3, 0.4) is 0 Å². The minimum atomic E-state index is -5.75. The van der Waals surface area contributed by atoms with E-state index in [9.17, 15) is 36.5 Å². The van der Waals surface area contributed by atoms with Crippen LogP contribution in [-0.2, 0) is 19.4 Å². The van der Waals surface area contributed by atoms with Gasteiger partial charge in [0.05, 0.1) is 22.1 Å². The molecule has 33 heavy (non-hydrogen) atoms. The molecule has 0 saturated carbocycles. The average Bonchev–Trinajstić information content (AvgIpc) is 2.74. The maximum absolute atomic E-state index is 12.7. The first kappa shape index (κ1) is 25.7. The lowest BCUT2D eigenvalue weighted by molar-refractivity contribution is -0.384. The van der Waals surface area contributed by atoms with Gasteiger partial charge in [-0.05, 0) is 43.3 Å². The molecular formula is C19H19F3N4O6S. The molecular weight excluding hydrogens is 469 g/mol. The lowest BCUT2D eigenvalue weighted by Crippen LogP contribution is -2.27. The number of azo groups is 1. The molecule has 0 aliphatic rings. The lowest BCUT2D eigenvalue weighted by atomic mass is 10.2. The molecule has 0 saturated heterocycles. The van der Waals surface area contributed by atoms with Crippen LogP contribution in [0.15, 0.2) is 57.6 Å². The molecule has 178 valence electrons. The van der Waals surface area contributed by atoms with Gasteiger partial charge in [0.25, 0.3) is 15.5 Å². The fourth-order valence-electron chi connectivity index (χ4n) is 2.65. The molecule has 0 amide bonds. The summed E-state index contributed by atoms with van der Waals surface area (Å²) in [5, 5.41) is 18.7. The summed E-state index contributed by atoms with van der Waals surface area (Å²) in [6.45, 7) is 4.50. The Labute approximate surface area is 186 Å². The first-order chi connectivity index (χ1) is 15.4.